The van der Waals surface area contributed by atoms with Crippen LogP contribution in [0.2, 0.25) is 0 Å². The molecule has 0 aliphatic carbocycles. The number of carbonyl (C=O) groups excluding carboxylic acids is 2. The zero-order valence-electron chi connectivity index (χ0n) is 28.4. The molecule has 0 aromatic carbocycles. The molecule has 0 saturated heterocycles. The molecule has 4 radical (unpaired) electrons. The van der Waals surface area contributed by atoms with E-state index in [1.54, 1.807) is 0 Å². The Bertz CT molecular complexity index is 799. The maximum absolute atomic E-state index is 10.2. The van der Waals surface area contributed by atoms with Crippen molar-refractivity contribution in [1.29, 1.82) is 0 Å². The highest BCUT2D eigenvalue weighted by Gasteiger charge is 2.00. The largest absolute Gasteiger partial charge is 2.00 e. The Kier molecular flexibility index (Phi) is 44.1. The highest BCUT2D eigenvalue weighted by molar-refractivity contribution is 5.64. The highest BCUT2D eigenvalue weighted by Crippen LogP contribution is 2.03. The first-order valence-corrected chi connectivity index (χ1v) is 17.1. The van der Waals surface area contributed by atoms with Crippen molar-refractivity contribution in [3.05, 3.63) is 97.2 Å². The van der Waals surface area contributed by atoms with E-state index in [1.807, 2.05) is 12.2 Å². The van der Waals surface area contributed by atoms with Crippen LogP contribution in [-0.2, 0) is 15.1 Å². The molecule has 0 unspecified atom stereocenters. The Morgan fingerprint density at radius 2 is 0.600 bits per heavy atom. The Labute approximate surface area is 276 Å². The molecule has 0 rings (SSSR count). The van der Waals surface area contributed by atoms with Crippen molar-refractivity contribution in [2.24, 2.45) is 0 Å². The van der Waals surface area contributed by atoms with Gasteiger partial charge in [-0.1, -0.05) is 137 Å². The SMILES string of the molecule is CCCCC/C=C\C/C=C\C/C=C\C/C=C\CCCC(=O)[O-].CCCCC/C=C\C/C=C\C/C=C\C/C=C\CCCC(=O)[O-].[O+2]. The Morgan fingerprint density at radius 1 is 0.378 bits per heavy atom. The van der Waals surface area contributed by atoms with E-state index in [9.17, 15) is 19.8 Å². The van der Waals surface area contributed by atoms with Crippen LogP contribution in [0.1, 0.15) is 142 Å². The van der Waals surface area contributed by atoms with E-state index in [2.05, 4.69) is 98.9 Å². The van der Waals surface area contributed by atoms with Gasteiger partial charge in [0.25, 0.3) is 0 Å². The number of carbonyl (C=O) groups is 2. The predicted molar refractivity (Wildman–Crippen MR) is 188 cm³/mol. The second-order valence-corrected chi connectivity index (χ2v) is 10.7. The van der Waals surface area contributed by atoms with Gasteiger partial charge in [-0.2, -0.15) is 0 Å². The van der Waals surface area contributed by atoms with E-state index < -0.39 is 11.9 Å². The van der Waals surface area contributed by atoms with Gasteiger partial charge >= 0.3 is 5.48 Å². The van der Waals surface area contributed by atoms with Crippen molar-refractivity contribution in [2.45, 2.75) is 142 Å². The number of hydrogen-bond acceptors (Lipinski definition) is 4. The third-order valence-electron chi connectivity index (χ3n) is 6.42. The van der Waals surface area contributed by atoms with Crippen molar-refractivity contribution >= 4 is 11.9 Å². The molecule has 0 spiro atoms. The van der Waals surface area contributed by atoms with Crippen molar-refractivity contribution < 1.29 is 25.3 Å². The quantitative estimate of drug-likeness (QED) is 0.0639. The number of unbranched alkanes of at least 4 members (excludes halogenated alkanes) is 8. The van der Waals surface area contributed by atoms with Gasteiger partial charge in [-0.05, 0) is 103 Å². The van der Waals surface area contributed by atoms with Crippen LogP contribution in [-0.4, -0.2) is 11.9 Å². The van der Waals surface area contributed by atoms with Crippen LogP contribution < -0.4 is 10.2 Å². The average Bonchev–Trinajstić information content (AvgIpc) is 3.00. The molecule has 0 fully saturated rings. The standard InChI is InChI=1S/2C20H32O2.O/c2*1-2-3-4-5-6-7-8-9-10-11-12-13-14-15-16-17-18-19-20(21)22;/h2*6-7,9-10,12-13,15-16H,2-5,8,11,14,17-19H2,1H3,(H,21,22);/q;;+2/p-2/b2*7-6-,10-9-,13-12-,16-15-;. The summed E-state index contributed by atoms with van der Waals surface area (Å²) in [5.74, 6) is -1.92. The number of rotatable bonds is 28. The normalized spacial score (nSPS) is 12.1. The minimum atomic E-state index is -0.962. The minimum Gasteiger partial charge on any atom is -0.550 e. The lowest BCUT2D eigenvalue weighted by Crippen LogP contribution is -2.21. The number of carboxylic acid groups (broad SMARTS) is 2. The first-order valence-electron chi connectivity index (χ1n) is 17.1. The molecule has 5 nitrogen and oxygen atoms in total. The molecule has 252 valence electrons. The third kappa shape index (κ3) is 50.7. The fourth-order valence-electron chi connectivity index (χ4n) is 3.85. The van der Waals surface area contributed by atoms with Gasteiger partial charge in [-0.15, -0.1) is 0 Å². The van der Waals surface area contributed by atoms with Crippen LogP contribution in [0.5, 0.6) is 0 Å². The molecule has 0 aromatic rings. The van der Waals surface area contributed by atoms with Crippen LogP contribution in [0.4, 0.5) is 0 Å². The van der Waals surface area contributed by atoms with Gasteiger partial charge in [-0.3, -0.25) is 0 Å². The van der Waals surface area contributed by atoms with Crippen molar-refractivity contribution in [2.75, 3.05) is 0 Å². The second kappa shape index (κ2) is 43.0. The summed E-state index contributed by atoms with van der Waals surface area (Å²) < 4.78 is 0. The molecule has 0 aliphatic heterocycles. The first kappa shape index (κ1) is 46.2. The van der Waals surface area contributed by atoms with E-state index in [1.165, 1.54) is 51.4 Å². The van der Waals surface area contributed by atoms with Gasteiger partial charge in [0.15, 0.2) is 0 Å². The van der Waals surface area contributed by atoms with Gasteiger partial charge in [0, 0.05) is 11.9 Å². The summed E-state index contributed by atoms with van der Waals surface area (Å²) >= 11 is 0. The number of hydrogen-bond donors (Lipinski definition) is 0. The molecule has 0 N–H and O–H groups in total. The third-order valence-corrected chi connectivity index (χ3v) is 6.42. The van der Waals surface area contributed by atoms with E-state index in [0.29, 0.717) is 12.8 Å². The lowest BCUT2D eigenvalue weighted by atomic mass is 10.2. The molecule has 45 heavy (non-hydrogen) atoms. The molecule has 5 heteroatoms. The van der Waals surface area contributed by atoms with E-state index in [4.69, 9.17) is 0 Å². The molecular weight excluding hydrogens is 560 g/mol. The monoisotopic (exact) mass is 622 g/mol. The molecule has 0 aromatic heterocycles. The summed E-state index contributed by atoms with van der Waals surface area (Å²) in [4.78, 5) is 20.4. The van der Waals surface area contributed by atoms with Crippen molar-refractivity contribution in [3.8, 4) is 0 Å². The highest BCUT2D eigenvalue weighted by atomic mass is 16.4. The summed E-state index contributed by atoms with van der Waals surface area (Å²) in [6, 6.07) is 0. The van der Waals surface area contributed by atoms with Crippen LogP contribution in [0.3, 0.4) is 0 Å². The summed E-state index contributed by atoms with van der Waals surface area (Å²) in [5.41, 5.74) is 0. The van der Waals surface area contributed by atoms with E-state index in [-0.39, 0.29) is 18.3 Å². The Balaban J connectivity index is -0.000000767. The molecular formula is C40H62O5. The maximum atomic E-state index is 10.2. The van der Waals surface area contributed by atoms with Gasteiger partial charge in [-0.25, -0.2) is 0 Å². The molecule has 0 atom stereocenters. The van der Waals surface area contributed by atoms with E-state index in [0.717, 1.165) is 51.4 Å². The minimum absolute atomic E-state index is 0. The number of carboxylic acids is 2. The zero-order valence-corrected chi connectivity index (χ0v) is 28.4. The number of allylic oxidation sites excluding steroid dienone is 16. The van der Waals surface area contributed by atoms with Gasteiger partial charge in [0.05, 0.1) is 0 Å². The van der Waals surface area contributed by atoms with Crippen LogP contribution in [0.15, 0.2) is 97.2 Å². The fraction of sp³-hybridized carbons (Fsp3) is 0.550. The van der Waals surface area contributed by atoms with Gasteiger partial charge in [0.2, 0.25) is 0 Å². The summed E-state index contributed by atoms with van der Waals surface area (Å²) in [6.07, 6.45) is 54.0. The molecule has 0 aliphatic rings. The Morgan fingerprint density at radius 3 is 0.822 bits per heavy atom. The van der Waals surface area contributed by atoms with Gasteiger partial charge < -0.3 is 19.8 Å². The topological polar surface area (TPSA) is 109 Å². The summed E-state index contributed by atoms with van der Waals surface area (Å²) in [6.45, 7) is 4.46. The lowest BCUT2D eigenvalue weighted by Gasteiger charge is -1.97. The maximum Gasteiger partial charge on any atom is 2.00 e. The van der Waals surface area contributed by atoms with E-state index >= 15 is 0 Å². The molecule has 0 bridgehead atoms. The number of aliphatic carboxylic acids is 2. The summed E-state index contributed by atoms with van der Waals surface area (Å²) in [7, 11) is 0. The van der Waals surface area contributed by atoms with Crippen LogP contribution in [0.25, 0.3) is 0 Å². The van der Waals surface area contributed by atoms with Crippen LogP contribution >= 0.6 is 0 Å². The Hall–Kier alpha value is -3.18. The molecule has 0 heterocycles. The molecule has 0 saturated carbocycles. The predicted octanol–water partition coefficient (Wildman–Crippen LogP) is 9.65. The lowest BCUT2D eigenvalue weighted by molar-refractivity contribution is -0.307. The van der Waals surface area contributed by atoms with Crippen molar-refractivity contribution in [1.82, 2.24) is 0 Å². The zero-order chi connectivity index (χ0) is 32.6. The average molecular weight is 623 g/mol. The van der Waals surface area contributed by atoms with Gasteiger partial charge in [0.1, 0.15) is 0 Å². The fourth-order valence-corrected chi connectivity index (χ4v) is 3.85. The summed E-state index contributed by atoms with van der Waals surface area (Å²) in [5, 5.41) is 20.4. The first-order chi connectivity index (χ1) is 21.5. The van der Waals surface area contributed by atoms with Crippen LogP contribution in [0, 0.1) is 0 Å². The second-order valence-electron chi connectivity index (χ2n) is 10.7. The smallest absolute Gasteiger partial charge is 0.550 e. The van der Waals surface area contributed by atoms with Crippen molar-refractivity contribution in [3.63, 3.8) is 0 Å². The molecule has 0 amide bonds.